The first-order valence-electron chi connectivity index (χ1n) is 9.03. The van der Waals surface area contributed by atoms with Gasteiger partial charge in [-0.2, -0.15) is 18.4 Å². The molecule has 0 saturated carbocycles. The van der Waals surface area contributed by atoms with Gasteiger partial charge in [-0.1, -0.05) is 0 Å². The van der Waals surface area contributed by atoms with Gasteiger partial charge >= 0.3 is 6.18 Å². The van der Waals surface area contributed by atoms with Crippen LogP contribution in [0.3, 0.4) is 0 Å². The van der Waals surface area contributed by atoms with Gasteiger partial charge < -0.3 is 10.2 Å². The molecule has 2 aromatic carbocycles. The molecule has 2 unspecified atom stereocenters. The van der Waals surface area contributed by atoms with Crippen molar-refractivity contribution in [3.63, 3.8) is 0 Å². The maximum absolute atomic E-state index is 14.3. The molecule has 2 aromatic rings. The van der Waals surface area contributed by atoms with Gasteiger partial charge in [0.1, 0.15) is 16.6 Å². The fourth-order valence-corrected chi connectivity index (χ4v) is 4.68. The standard InChI is InChI=1S/C20H14F4N4O2S/c1-26-17(30)13-5-4-11(7-15(13)21)27-9-16(29)28(19-18(27)31-19)12-3-2-10(8-25)14(6-12)20(22,23)24/h2-7,18-19H,9H2,1H3,(H,26,30). The third-order valence-corrected chi connectivity index (χ3v) is 6.27. The van der Waals surface area contributed by atoms with E-state index in [0.29, 0.717) is 5.69 Å². The van der Waals surface area contributed by atoms with Crippen LogP contribution in [0.1, 0.15) is 21.5 Å². The summed E-state index contributed by atoms with van der Waals surface area (Å²) in [6, 6.07) is 8.68. The molecule has 11 heteroatoms. The second kappa shape index (κ2) is 7.46. The summed E-state index contributed by atoms with van der Waals surface area (Å²) in [7, 11) is 1.38. The van der Waals surface area contributed by atoms with E-state index in [1.807, 2.05) is 0 Å². The maximum Gasteiger partial charge on any atom is 0.417 e. The second-order valence-electron chi connectivity index (χ2n) is 6.89. The lowest BCUT2D eigenvalue weighted by Gasteiger charge is -2.34. The molecular formula is C20H14F4N4O2S. The highest BCUT2D eigenvalue weighted by Gasteiger charge is 2.54. The number of carbonyl (C=O) groups excluding carboxylic acids is 2. The first kappa shape index (κ1) is 21.0. The van der Waals surface area contributed by atoms with Gasteiger partial charge in [-0.15, -0.1) is 11.8 Å². The summed E-state index contributed by atoms with van der Waals surface area (Å²) in [5.74, 6) is -1.78. The zero-order valence-electron chi connectivity index (χ0n) is 15.9. The number of piperazine rings is 1. The summed E-state index contributed by atoms with van der Waals surface area (Å²) >= 11 is 1.34. The number of fused-ring (bicyclic) bond motifs is 1. The van der Waals surface area contributed by atoms with E-state index in [9.17, 15) is 27.2 Å². The number of hydrogen-bond acceptors (Lipinski definition) is 5. The molecule has 0 aliphatic carbocycles. The van der Waals surface area contributed by atoms with E-state index in [1.54, 1.807) is 4.90 Å². The molecule has 2 heterocycles. The van der Waals surface area contributed by atoms with E-state index in [4.69, 9.17) is 5.26 Å². The molecule has 4 rings (SSSR count). The SMILES string of the molecule is CNC(=O)c1ccc(N2CC(=O)N(c3ccc(C#N)c(C(F)(F)F)c3)C3SC32)cc1F. The van der Waals surface area contributed by atoms with Crippen LogP contribution in [0.25, 0.3) is 0 Å². The van der Waals surface area contributed by atoms with Gasteiger partial charge in [-0.25, -0.2) is 4.39 Å². The first-order chi connectivity index (χ1) is 14.7. The topological polar surface area (TPSA) is 76.4 Å². The van der Waals surface area contributed by atoms with Gasteiger partial charge in [0.05, 0.1) is 29.3 Å². The van der Waals surface area contributed by atoms with Crippen molar-refractivity contribution in [3.8, 4) is 6.07 Å². The fraction of sp³-hybridized carbons (Fsp3) is 0.250. The number of alkyl halides is 3. The average Bonchev–Trinajstić information content (AvgIpc) is 3.52. The minimum Gasteiger partial charge on any atom is -0.355 e. The number of nitriles is 1. The molecule has 2 aliphatic heterocycles. The van der Waals surface area contributed by atoms with E-state index >= 15 is 0 Å². The number of hydrogen-bond donors (Lipinski definition) is 1. The lowest BCUT2D eigenvalue weighted by Crippen LogP contribution is -2.50. The van der Waals surface area contributed by atoms with Gasteiger partial charge in [0.2, 0.25) is 5.91 Å². The van der Waals surface area contributed by atoms with Crippen LogP contribution in [-0.4, -0.2) is 36.2 Å². The highest BCUT2D eigenvalue weighted by Crippen LogP contribution is 2.52. The number of halogens is 4. The van der Waals surface area contributed by atoms with E-state index in [0.717, 1.165) is 18.2 Å². The number of nitrogens with zero attached hydrogens (tertiary/aromatic N) is 3. The Labute approximate surface area is 178 Å². The predicted octanol–water partition coefficient (Wildman–Crippen LogP) is 3.33. The summed E-state index contributed by atoms with van der Waals surface area (Å²) in [4.78, 5) is 27.4. The Morgan fingerprint density at radius 1 is 1.19 bits per heavy atom. The molecule has 160 valence electrons. The van der Waals surface area contributed by atoms with Gasteiger partial charge in [-0.05, 0) is 36.4 Å². The van der Waals surface area contributed by atoms with E-state index in [2.05, 4.69) is 5.32 Å². The lowest BCUT2D eigenvalue weighted by atomic mass is 10.1. The summed E-state index contributed by atoms with van der Waals surface area (Å²) in [6.07, 6.45) is -4.73. The number of anilines is 2. The summed E-state index contributed by atoms with van der Waals surface area (Å²) < 4.78 is 54.2. The van der Waals surface area contributed by atoms with Gasteiger partial charge in [0.25, 0.3) is 5.91 Å². The maximum atomic E-state index is 14.3. The Kier molecular flexibility index (Phi) is 5.05. The number of thioether (sulfide) groups is 1. The molecule has 0 aromatic heterocycles. The number of amides is 2. The largest absolute Gasteiger partial charge is 0.417 e. The minimum atomic E-state index is -4.73. The molecule has 1 N–H and O–H groups in total. The van der Waals surface area contributed by atoms with Gasteiger partial charge in [0, 0.05) is 18.4 Å². The van der Waals surface area contributed by atoms with Crippen LogP contribution >= 0.6 is 11.8 Å². The molecule has 0 radical (unpaired) electrons. The highest BCUT2D eigenvalue weighted by atomic mass is 32.2. The van der Waals surface area contributed by atoms with Crippen LogP contribution < -0.4 is 15.1 Å². The van der Waals surface area contributed by atoms with Crippen LogP contribution in [0.2, 0.25) is 0 Å². The molecular weight excluding hydrogens is 436 g/mol. The van der Waals surface area contributed by atoms with Crippen LogP contribution in [-0.2, 0) is 11.0 Å². The van der Waals surface area contributed by atoms with Crippen molar-refractivity contribution in [2.24, 2.45) is 0 Å². The molecule has 31 heavy (non-hydrogen) atoms. The van der Waals surface area contributed by atoms with Crippen molar-refractivity contribution in [1.29, 1.82) is 5.26 Å². The van der Waals surface area contributed by atoms with Crippen molar-refractivity contribution < 1.29 is 27.2 Å². The molecule has 2 aliphatic rings. The third-order valence-electron chi connectivity index (χ3n) is 5.05. The molecule has 2 amide bonds. The number of benzene rings is 2. The Morgan fingerprint density at radius 3 is 2.52 bits per heavy atom. The van der Waals surface area contributed by atoms with E-state index < -0.39 is 40.3 Å². The molecule has 2 fully saturated rings. The highest BCUT2D eigenvalue weighted by molar-refractivity contribution is 8.08. The minimum absolute atomic E-state index is 0.0529. The van der Waals surface area contributed by atoms with Crippen molar-refractivity contribution in [2.75, 3.05) is 23.4 Å². The molecule has 0 spiro atoms. The monoisotopic (exact) mass is 450 g/mol. The summed E-state index contributed by atoms with van der Waals surface area (Å²) in [5, 5.41) is 10.6. The average molecular weight is 450 g/mol. The Hall–Kier alpha value is -3.26. The van der Waals surface area contributed by atoms with E-state index in [-0.39, 0.29) is 23.2 Å². The Morgan fingerprint density at radius 2 is 1.90 bits per heavy atom. The molecule has 0 bridgehead atoms. The van der Waals surface area contributed by atoms with Crippen LogP contribution in [0.15, 0.2) is 36.4 Å². The third kappa shape index (κ3) is 3.67. The van der Waals surface area contributed by atoms with Crippen LogP contribution in [0, 0.1) is 17.1 Å². The van der Waals surface area contributed by atoms with Crippen molar-refractivity contribution in [2.45, 2.75) is 16.9 Å². The van der Waals surface area contributed by atoms with Gasteiger partial charge in [-0.3, -0.25) is 14.5 Å². The van der Waals surface area contributed by atoms with Crippen molar-refractivity contribution >= 4 is 35.0 Å². The van der Waals surface area contributed by atoms with Crippen molar-refractivity contribution in [3.05, 3.63) is 58.9 Å². The fourth-order valence-electron chi connectivity index (χ4n) is 3.51. The Balaban J connectivity index is 1.61. The normalized spacial score (nSPS) is 20.2. The first-order valence-corrected chi connectivity index (χ1v) is 9.97. The van der Waals surface area contributed by atoms with Gasteiger partial charge in [0.15, 0.2) is 0 Å². The number of carbonyl (C=O) groups is 2. The zero-order valence-corrected chi connectivity index (χ0v) is 16.7. The quantitative estimate of drug-likeness (QED) is 0.574. The summed E-state index contributed by atoms with van der Waals surface area (Å²) in [5.41, 5.74) is -1.30. The number of rotatable bonds is 3. The Bertz CT molecular complexity index is 1130. The predicted molar refractivity (Wildman–Crippen MR) is 106 cm³/mol. The lowest BCUT2D eigenvalue weighted by molar-refractivity contribution is -0.137. The molecule has 2 saturated heterocycles. The number of nitrogens with one attached hydrogen (secondary N) is 1. The van der Waals surface area contributed by atoms with Crippen LogP contribution in [0.4, 0.5) is 28.9 Å². The zero-order chi connectivity index (χ0) is 22.5. The van der Waals surface area contributed by atoms with Crippen molar-refractivity contribution in [1.82, 2.24) is 5.32 Å². The second-order valence-corrected chi connectivity index (χ2v) is 8.13. The summed E-state index contributed by atoms with van der Waals surface area (Å²) in [6.45, 7) is -0.172. The molecule has 6 nitrogen and oxygen atoms in total. The molecule has 2 atom stereocenters. The van der Waals surface area contributed by atoms with E-state index in [1.165, 1.54) is 48.0 Å². The smallest absolute Gasteiger partial charge is 0.355 e. The van der Waals surface area contributed by atoms with Crippen LogP contribution in [0.5, 0.6) is 0 Å².